The first-order chi connectivity index (χ1) is 8.45. The first kappa shape index (κ1) is 13.6. The maximum absolute atomic E-state index is 11.3. The van der Waals surface area contributed by atoms with Gasteiger partial charge in [-0.3, -0.25) is 29.3 Å². The quantitative estimate of drug-likeness (QED) is 0.514. The van der Waals surface area contributed by atoms with E-state index < -0.39 is 21.9 Å². The van der Waals surface area contributed by atoms with Crippen molar-refractivity contribution in [2.24, 2.45) is 0 Å². The minimum absolute atomic E-state index is 0.00303. The number of hydrogen-bond donors (Lipinski definition) is 2. The van der Waals surface area contributed by atoms with E-state index in [-0.39, 0.29) is 18.9 Å². The molecule has 1 rings (SSSR count). The molecule has 2 N–H and O–H groups in total. The van der Waals surface area contributed by atoms with Crippen LogP contribution in [0.5, 0.6) is 0 Å². The second-order valence-corrected chi connectivity index (χ2v) is 3.43. The Hall–Kier alpha value is -2.45. The summed E-state index contributed by atoms with van der Waals surface area (Å²) >= 11 is 0. The summed E-state index contributed by atoms with van der Waals surface area (Å²) in [5.41, 5.74) is -2.57. The lowest BCUT2D eigenvalue weighted by atomic mass is 10.4. The molecule has 0 aliphatic carbocycles. The average Bonchev–Trinajstić information content (AvgIpc) is 2.27. The van der Waals surface area contributed by atoms with Gasteiger partial charge in [-0.2, -0.15) is 0 Å². The van der Waals surface area contributed by atoms with Crippen LogP contribution in [0.2, 0.25) is 0 Å². The maximum Gasteiger partial charge on any atom is 0.350 e. The number of aromatic amines is 1. The van der Waals surface area contributed by atoms with Crippen molar-refractivity contribution in [1.82, 2.24) is 14.9 Å². The predicted molar refractivity (Wildman–Crippen MR) is 61.3 cm³/mol. The van der Waals surface area contributed by atoms with Gasteiger partial charge in [-0.1, -0.05) is 0 Å². The largest absolute Gasteiger partial charge is 0.356 e. The van der Waals surface area contributed by atoms with Crippen molar-refractivity contribution < 1.29 is 9.72 Å². The minimum atomic E-state index is -1.06. The summed E-state index contributed by atoms with van der Waals surface area (Å²) in [6.45, 7) is 2.16. The fourth-order valence-corrected chi connectivity index (χ4v) is 1.30. The highest BCUT2D eigenvalue weighted by Gasteiger charge is 2.15. The third-order valence-electron chi connectivity index (χ3n) is 2.14. The third kappa shape index (κ3) is 3.27. The smallest absolute Gasteiger partial charge is 0.350 e. The van der Waals surface area contributed by atoms with Gasteiger partial charge in [0, 0.05) is 19.5 Å². The number of nitrogens with one attached hydrogen (secondary N) is 2. The lowest BCUT2D eigenvalue weighted by Crippen LogP contribution is -2.32. The van der Waals surface area contributed by atoms with Gasteiger partial charge in [-0.05, 0) is 6.92 Å². The van der Waals surface area contributed by atoms with E-state index in [4.69, 9.17) is 0 Å². The monoisotopic (exact) mass is 256 g/mol. The van der Waals surface area contributed by atoms with E-state index in [2.05, 4.69) is 5.32 Å². The molecule has 0 aromatic carbocycles. The van der Waals surface area contributed by atoms with Crippen LogP contribution in [0.15, 0.2) is 15.8 Å². The van der Waals surface area contributed by atoms with Crippen molar-refractivity contribution >= 4 is 11.6 Å². The molecule has 9 nitrogen and oxygen atoms in total. The molecule has 1 amide bonds. The van der Waals surface area contributed by atoms with Gasteiger partial charge in [0.2, 0.25) is 5.91 Å². The highest BCUT2D eigenvalue weighted by atomic mass is 16.6. The van der Waals surface area contributed by atoms with E-state index in [0.717, 1.165) is 10.8 Å². The van der Waals surface area contributed by atoms with Crippen molar-refractivity contribution in [2.75, 3.05) is 6.54 Å². The molecule has 0 unspecified atom stereocenters. The van der Waals surface area contributed by atoms with Gasteiger partial charge >= 0.3 is 16.9 Å². The molecular formula is C9H12N4O5. The molecule has 18 heavy (non-hydrogen) atoms. The standard InChI is InChI=1S/C9H12N4O5/c1-2-10-7(14)3-4-12-5-6(13(17)18)8(15)11-9(12)16/h5H,2-4H2,1H3,(H,10,14)(H,11,15,16). The van der Waals surface area contributed by atoms with Crippen molar-refractivity contribution in [3.63, 3.8) is 0 Å². The van der Waals surface area contributed by atoms with Crippen molar-refractivity contribution in [3.05, 3.63) is 37.1 Å². The van der Waals surface area contributed by atoms with E-state index in [1.54, 1.807) is 6.92 Å². The van der Waals surface area contributed by atoms with Crippen LogP contribution in [0.25, 0.3) is 0 Å². The number of hydrogen-bond acceptors (Lipinski definition) is 5. The zero-order chi connectivity index (χ0) is 13.7. The fourth-order valence-electron chi connectivity index (χ4n) is 1.30. The number of H-pyrrole nitrogens is 1. The Kier molecular flexibility index (Phi) is 4.35. The Morgan fingerprint density at radius 3 is 2.78 bits per heavy atom. The van der Waals surface area contributed by atoms with Crippen LogP contribution < -0.4 is 16.6 Å². The predicted octanol–water partition coefficient (Wildman–Crippen LogP) is -1.03. The molecule has 0 saturated carbocycles. The molecule has 1 aromatic rings. The number of amides is 1. The molecule has 1 heterocycles. The van der Waals surface area contributed by atoms with Gasteiger partial charge in [-0.25, -0.2) is 4.79 Å². The first-order valence-electron chi connectivity index (χ1n) is 5.20. The van der Waals surface area contributed by atoms with E-state index >= 15 is 0 Å². The zero-order valence-electron chi connectivity index (χ0n) is 9.63. The van der Waals surface area contributed by atoms with Gasteiger partial charge in [0.25, 0.3) is 0 Å². The summed E-state index contributed by atoms with van der Waals surface area (Å²) in [7, 11) is 0. The molecule has 0 aliphatic rings. The molecule has 0 aliphatic heterocycles. The molecular weight excluding hydrogens is 244 g/mol. The zero-order valence-corrected chi connectivity index (χ0v) is 9.63. The van der Waals surface area contributed by atoms with E-state index in [1.165, 1.54) is 0 Å². The molecule has 9 heteroatoms. The Labute approximate surface area is 101 Å². The normalized spacial score (nSPS) is 10.1. The summed E-state index contributed by atoms with van der Waals surface area (Å²) in [6.07, 6.45) is 0.831. The highest BCUT2D eigenvalue weighted by Crippen LogP contribution is 1.99. The van der Waals surface area contributed by atoms with Gasteiger partial charge in [0.1, 0.15) is 0 Å². The Morgan fingerprint density at radius 1 is 1.56 bits per heavy atom. The number of carbonyl (C=O) groups excluding carboxylic acids is 1. The number of nitrogens with zero attached hydrogens (tertiary/aromatic N) is 2. The molecule has 0 bridgehead atoms. The average molecular weight is 256 g/mol. The molecule has 1 aromatic heterocycles. The summed E-state index contributed by atoms with van der Waals surface area (Å²) in [5.74, 6) is -0.279. The topological polar surface area (TPSA) is 127 Å². The van der Waals surface area contributed by atoms with Crippen LogP contribution in [0.3, 0.4) is 0 Å². The van der Waals surface area contributed by atoms with Gasteiger partial charge in [0.05, 0.1) is 11.1 Å². The van der Waals surface area contributed by atoms with Crippen molar-refractivity contribution in [2.45, 2.75) is 19.9 Å². The van der Waals surface area contributed by atoms with Crippen LogP contribution in [0.1, 0.15) is 13.3 Å². The summed E-state index contributed by atoms with van der Waals surface area (Å²) in [6, 6.07) is 0. The number of carbonyl (C=O) groups is 1. The van der Waals surface area contributed by atoms with Crippen LogP contribution in [0.4, 0.5) is 5.69 Å². The first-order valence-corrected chi connectivity index (χ1v) is 5.20. The lowest BCUT2D eigenvalue weighted by molar-refractivity contribution is -0.386. The Bertz CT molecular complexity index is 573. The summed E-state index contributed by atoms with van der Waals surface area (Å²) in [4.78, 5) is 45.1. The number of aromatic nitrogens is 2. The molecule has 0 atom stereocenters. The second-order valence-electron chi connectivity index (χ2n) is 3.43. The molecule has 0 spiro atoms. The van der Waals surface area contributed by atoms with Crippen LogP contribution in [0, 0.1) is 10.1 Å². The van der Waals surface area contributed by atoms with Crippen molar-refractivity contribution in [3.8, 4) is 0 Å². The number of nitro groups is 1. The lowest BCUT2D eigenvalue weighted by Gasteiger charge is -2.04. The van der Waals surface area contributed by atoms with Crippen LogP contribution >= 0.6 is 0 Å². The van der Waals surface area contributed by atoms with E-state index in [0.29, 0.717) is 6.54 Å². The molecule has 98 valence electrons. The SMILES string of the molecule is CCNC(=O)CCn1cc([N+](=O)[O-])c(=O)[nH]c1=O. The van der Waals surface area contributed by atoms with Crippen LogP contribution in [-0.4, -0.2) is 26.9 Å². The summed E-state index contributed by atoms with van der Waals surface area (Å²) in [5, 5.41) is 13.0. The Morgan fingerprint density at radius 2 is 2.22 bits per heavy atom. The van der Waals surface area contributed by atoms with Gasteiger partial charge < -0.3 is 5.32 Å². The van der Waals surface area contributed by atoms with Crippen molar-refractivity contribution in [1.29, 1.82) is 0 Å². The van der Waals surface area contributed by atoms with Gasteiger partial charge in [-0.15, -0.1) is 0 Å². The van der Waals surface area contributed by atoms with E-state index in [1.807, 2.05) is 4.98 Å². The fraction of sp³-hybridized carbons (Fsp3) is 0.444. The molecule has 0 radical (unpaired) electrons. The van der Waals surface area contributed by atoms with Gasteiger partial charge in [0.15, 0.2) is 0 Å². The minimum Gasteiger partial charge on any atom is -0.356 e. The Balaban J connectivity index is 2.93. The third-order valence-corrected chi connectivity index (χ3v) is 2.14. The number of rotatable bonds is 5. The number of aryl methyl sites for hydroxylation is 1. The van der Waals surface area contributed by atoms with E-state index in [9.17, 15) is 24.5 Å². The summed E-state index contributed by atoms with van der Waals surface area (Å²) < 4.78 is 0.925. The highest BCUT2D eigenvalue weighted by molar-refractivity contribution is 5.75. The second kappa shape index (κ2) is 5.75. The molecule has 0 fully saturated rings. The maximum atomic E-state index is 11.3. The van der Waals surface area contributed by atoms with Crippen LogP contribution in [-0.2, 0) is 11.3 Å². The molecule has 0 saturated heterocycles.